The van der Waals surface area contributed by atoms with Crippen molar-refractivity contribution >= 4 is 11.7 Å². The monoisotopic (exact) mass is 288 g/mol. The Bertz CT molecular complexity index is 700. The SMILES string of the molecule is CCc1cccc(Oc2ncc(C(=O)O)cc2[N+](=O)[O-])c1. The minimum Gasteiger partial charge on any atom is -0.478 e. The Morgan fingerprint density at radius 1 is 1.43 bits per heavy atom. The summed E-state index contributed by atoms with van der Waals surface area (Å²) in [5, 5.41) is 19.8. The lowest BCUT2D eigenvalue weighted by atomic mass is 10.2. The molecule has 0 spiro atoms. The lowest BCUT2D eigenvalue weighted by Crippen LogP contribution is -2.02. The number of carboxylic acid groups (broad SMARTS) is 1. The zero-order valence-corrected chi connectivity index (χ0v) is 11.1. The van der Waals surface area contributed by atoms with E-state index in [4.69, 9.17) is 9.84 Å². The van der Waals surface area contributed by atoms with Gasteiger partial charge in [0.05, 0.1) is 10.5 Å². The van der Waals surface area contributed by atoms with Crippen molar-refractivity contribution in [1.82, 2.24) is 4.98 Å². The van der Waals surface area contributed by atoms with Crippen molar-refractivity contribution in [2.24, 2.45) is 0 Å². The van der Waals surface area contributed by atoms with Gasteiger partial charge in [0.25, 0.3) is 5.88 Å². The second kappa shape index (κ2) is 6.00. The lowest BCUT2D eigenvalue weighted by molar-refractivity contribution is -0.386. The van der Waals surface area contributed by atoms with Crippen LogP contribution in [0.4, 0.5) is 5.69 Å². The van der Waals surface area contributed by atoms with E-state index in [0.717, 1.165) is 24.2 Å². The van der Waals surface area contributed by atoms with Crippen LogP contribution in [0.2, 0.25) is 0 Å². The number of carbonyl (C=O) groups is 1. The Kier molecular flexibility index (Phi) is 4.13. The quantitative estimate of drug-likeness (QED) is 0.670. The van der Waals surface area contributed by atoms with Crippen LogP contribution in [0, 0.1) is 10.1 Å². The molecule has 2 rings (SSSR count). The normalized spacial score (nSPS) is 10.1. The third-order valence-corrected chi connectivity index (χ3v) is 2.80. The molecule has 0 bridgehead atoms. The second-order valence-electron chi connectivity index (χ2n) is 4.21. The number of aromatic nitrogens is 1. The average Bonchev–Trinajstić information content (AvgIpc) is 2.47. The molecule has 0 saturated heterocycles. The molecule has 0 saturated carbocycles. The molecule has 1 aromatic heterocycles. The van der Waals surface area contributed by atoms with Crippen LogP contribution in [-0.2, 0) is 6.42 Å². The fourth-order valence-corrected chi connectivity index (χ4v) is 1.71. The summed E-state index contributed by atoms with van der Waals surface area (Å²) < 4.78 is 5.40. The van der Waals surface area contributed by atoms with E-state index in [1.165, 1.54) is 0 Å². The summed E-state index contributed by atoms with van der Waals surface area (Å²) >= 11 is 0. The first-order chi connectivity index (χ1) is 10.0. The van der Waals surface area contributed by atoms with Crippen LogP contribution < -0.4 is 4.74 Å². The van der Waals surface area contributed by atoms with E-state index in [1.807, 2.05) is 13.0 Å². The molecule has 1 N–H and O–H groups in total. The molecule has 7 nitrogen and oxygen atoms in total. The van der Waals surface area contributed by atoms with Gasteiger partial charge in [0.2, 0.25) is 0 Å². The molecule has 2 aromatic rings. The molecule has 108 valence electrons. The number of pyridine rings is 1. The van der Waals surface area contributed by atoms with Crippen molar-refractivity contribution in [2.75, 3.05) is 0 Å². The van der Waals surface area contributed by atoms with Crippen molar-refractivity contribution in [1.29, 1.82) is 0 Å². The van der Waals surface area contributed by atoms with Crippen LogP contribution in [0.1, 0.15) is 22.8 Å². The van der Waals surface area contributed by atoms with E-state index in [2.05, 4.69) is 4.98 Å². The summed E-state index contributed by atoms with van der Waals surface area (Å²) in [5.41, 5.74) is 0.255. The minimum atomic E-state index is -1.29. The van der Waals surface area contributed by atoms with E-state index < -0.39 is 16.6 Å². The zero-order valence-electron chi connectivity index (χ0n) is 11.1. The summed E-state index contributed by atoms with van der Waals surface area (Å²) in [6.07, 6.45) is 1.82. The molecule has 0 radical (unpaired) electrons. The fraction of sp³-hybridized carbons (Fsp3) is 0.143. The van der Waals surface area contributed by atoms with Crippen LogP contribution in [0.15, 0.2) is 36.5 Å². The summed E-state index contributed by atoms with van der Waals surface area (Å²) in [7, 11) is 0. The molecular weight excluding hydrogens is 276 g/mol. The highest BCUT2D eigenvalue weighted by atomic mass is 16.6. The molecular formula is C14H12N2O5. The Balaban J connectivity index is 2.38. The molecule has 0 unspecified atom stereocenters. The Morgan fingerprint density at radius 3 is 2.81 bits per heavy atom. The predicted molar refractivity (Wildman–Crippen MR) is 73.7 cm³/mol. The number of carboxylic acids is 1. The van der Waals surface area contributed by atoms with Gasteiger partial charge in [-0.25, -0.2) is 9.78 Å². The van der Waals surface area contributed by atoms with Crippen LogP contribution in [-0.4, -0.2) is 21.0 Å². The van der Waals surface area contributed by atoms with Gasteiger partial charge in [-0.2, -0.15) is 0 Å². The maximum absolute atomic E-state index is 11.0. The van der Waals surface area contributed by atoms with Gasteiger partial charge >= 0.3 is 11.7 Å². The first-order valence-electron chi connectivity index (χ1n) is 6.15. The highest BCUT2D eigenvalue weighted by Crippen LogP contribution is 2.30. The highest BCUT2D eigenvalue weighted by molar-refractivity contribution is 5.88. The third kappa shape index (κ3) is 3.33. The Morgan fingerprint density at radius 2 is 2.19 bits per heavy atom. The van der Waals surface area contributed by atoms with Crippen molar-refractivity contribution in [3.63, 3.8) is 0 Å². The molecule has 1 aromatic carbocycles. The van der Waals surface area contributed by atoms with Gasteiger partial charge in [0.15, 0.2) is 0 Å². The topological polar surface area (TPSA) is 103 Å². The van der Waals surface area contributed by atoms with Crippen LogP contribution in [0.3, 0.4) is 0 Å². The van der Waals surface area contributed by atoms with E-state index in [1.54, 1.807) is 18.2 Å². The minimum absolute atomic E-state index is 0.238. The number of nitro groups is 1. The summed E-state index contributed by atoms with van der Waals surface area (Å²) in [5.74, 6) is -1.11. The van der Waals surface area contributed by atoms with Gasteiger partial charge in [0.1, 0.15) is 5.75 Å². The highest BCUT2D eigenvalue weighted by Gasteiger charge is 2.21. The molecule has 0 fully saturated rings. The van der Waals surface area contributed by atoms with Crippen molar-refractivity contribution in [3.8, 4) is 11.6 Å². The predicted octanol–water partition coefficient (Wildman–Crippen LogP) is 3.04. The van der Waals surface area contributed by atoms with Crippen LogP contribution >= 0.6 is 0 Å². The number of benzene rings is 1. The third-order valence-electron chi connectivity index (χ3n) is 2.80. The number of ether oxygens (including phenoxy) is 1. The molecule has 0 amide bonds. The average molecular weight is 288 g/mol. The number of aromatic carboxylic acids is 1. The lowest BCUT2D eigenvalue weighted by Gasteiger charge is -2.07. The molecule has 0 aliphatic rings. The van der Waals surface area contributed by atoms with E-state index in [0.29, 0.717) is 5.75 Å². The maximum Gasteiger partial charge on any atom is 0.337 e. The number of rotatable bonds is 5. The Labute approximate surface area is 120 Å². The molecule has 7 heteroatoms. The molecule has 0 aliphatic heterocycles. The number of aryl methyl sites for hydroxylation is 1. The summed E-state index contributed by atoms with van der Waals surface area (Å²) in [4.78, 5) is 24.8. The van der Waals surface area contributed by atoms with Crippen molar-refractivity contribution in [2.45, 2.75) is 13.3 Å². The number of hydrogen-bond donors (Lipinski definition) is 1. The summed E-state index contributed by atoms with van der Waals surface area (Å²) in [6.45, 7) is 1.97. The number of nitrogens with zero attached hydrogens (tertiary/aromatic N) is 2. The van der Waals surface area contributed by atoms with Gasteiger partial charge < -0.3 is 9.84 Å². The van der Waals surface area contributed by atoms with Gasteiger partial charge in [-0.05, 0) is 24.1 Å². The second-order valence-corrected chi connectivity index (χ2v) is 4.21. The first-order valence-corrected chi connectivity index (χ1v) is 6.15. The molecule has 0 aliphatic carbocycles. The van der Waals surface area contributed by atoms with Gasteiger partial charge in [-0.3, -0.25) is 10.1 Å². The van der Waals surface area contributed by atoms with Crippen molar-refractivity contribution < 1.29 is 19.6 Å². The van der Waals surface area contributed by atoms with E-state index in [9.17, 15) is 14.9 Å². The van der Waals surface area contributed by atoms with Crippen molar-refractivity contribution in [3.05, 3.63) is 57.8 Å². The molecule has 21 heavy (non-hydrogen) atoms. The summed E-state index contributed by atoms with van der Waals surface area (Å²) in [6, 6.07) is 7.99. The Hall–Kier alpha value is -2.96. The molecule has 0 atom stereocenters. The van der Waals surface area contributed by atoms with Crippen LogP contribution in [0.5, 0.6) is 11.6 Å². The molecule has 1 heterocycles. The zero-order chi connectivity index (χ0) is 15.4. The smallest absolute Gasteiger partial charge is 0.337 e. The fourth-order valence-electron chi connectivity index (χ4n) is 1.71. The largest absolute Gasteiger partial charge is 0.478 e. The van der Waals surface area contributed by atoms with Gasteiger partial charge in [0, 0.05) is 12.3 Å². The first kappa shape index (κ1) is 14.4. The standard InChI is InChI=1S/C14H12N2O5/c1-2-9-4-3-5-11(6-9)21-13-12(16(19)20)7-10(8-15-13)14(17)18/h3-8H,2H2,1H3,(H,17,18). The van der Waals surface area contributed by atoms with Gasteiger partial charge in [-0.1, -0.05) is 19.1 Å². The van der Waals surface area contributed by atoms with Crippen LogP contribution in [0.25, 0.3) is 0 Å². The van der Waals surface area contributed by atoms with E-state index in [-0.39, 0.29) is 11.4 Å². The van der Waals surface area contributed by atoms with Gasteiger partial charge in [-0.15, -0.1) is 0 Å². The number of hydrogen-bond acceptors (Lipinski definition) is 5. The van der Waals surface area contributed by atoms with E-state index >= 15 is 0 Å². The maximum atomic E-state index is 11.0.